The Hall–Kier alpha value is -3.22. The Morgan fingerprint density at radius 1 is 1.19 bits per heavy atom. The Labute approximate surface area is 183 Å². The van der Waals surface area contributed by atoms with Crippen molar-refractivity contribution >= 4 is 44.6 Å². The van der Waals surface area contributed by atoms with Crippen LogP contribution in [0.3, 0.4) is 0 Å². The minimum Gasteiger partial charge on any atom is -0.477 e. The van der Waals surface area contributed by atoms with Gasteiger partial charge in [-0.2, -0.15) is 8.42 Å². The molecule has 0 fully saturated rings. The van der Waals surface area contributed by atoms with E-state index in [1.165, 1.54) is 24.3 Å². The van der Waals surface area contributed by atoms with E-state index in [0.717, 1.165) is 0 Å². The van der Waals surface area contributed by atoms with Crippen LogP contribution in [0.2, 0.25) is 0 Å². The molecule has 0 radical (unpaired) electrons. The molecular weight excluding hydrogens is 479 g/mol. The van der Waals surface area contributed by atoms with Gasteiger partial charge in [-0.25, -0.2) is 27.7 Å². The molecule has 1 unspecified atom stereocenters. The van der Waals surface area contributed by atoms with Gasteiger partial charge in [0.25, 0.3) is 10.1 Å². The van der Waals surface area contributed by atoms with E-state index in [9.17, 15) is 40.8 Å². The molecule has 1 atom stereocenters. The summed E-state index contributed by atoms with van der Waals surface area (Å²) in [6.07, 6.45) is 0. The zero-order valence-corrected chi connectivity index (χ0v) is 17.1. The number of nitrogens with zero attached hydrogens (tertiary/aromatic N) is 1. The second-order valence-corrected chi connectivity index (χ2v) is 8.14. The highest BCUT2D eigenvalue weighted by molar-refractivity contribution is 7.86. The van der Waals surface area contributed by atoms with Gasteiger partial charge in [0.1, 0.15) is 22.5 Å². The molecule has 8 nitrogen and oxygen atoms in total. The number of ether oxygens (including phenoxy) is 1. The van der Waals surface area contributed by atoms with E-state index < -0.39 is 78.5 Å². The van der Waals surface area contributed by atoms with E-state index >= 15 is 0 Å². The van der Waals surface area contributed by atoms with Crippen LogP contribution in [0, 0.1) is 11.6 Å². The number of carbonyl (C=O) groups is 2. The summed E-state index contributed by atoms with van der Waals surface area (Å²) in [5.74, 6) is -8.08. The highest BCUT2D eigenvalue weighted by Crippen LogP contribution is 2.40. The van der Waals surface area contributed by atoms with Gasteiger partial charge in [-0.3, -0.25) is 4.55 Å². The van der Waals surface area contributed by atoms with Crippen molar-refractivity contribution in [1.29, 1.82) is 0 Å². The quantitative estimate of drug-likeness (QED) is 0.302. The van der Waals surface area contributed by atoms with Crippen LogP contribution >= 0.6 is 11.6 Å². The molecule has 0 aliphatic heterocycles. The van der Waals surface area contributed by atoms with Gasteiger partial charge in [-0.05, 0) is 12.1 Å². The lowest BCUT2D eigenvalue weighted by Gasteiger charge is -2.18. The van der Waals surface area contributed by atoms with Crippen LogP contribution in [-0.2, 0) is 10.1 Å². The van der Waals surface area contributed by atoms with Gasteiger partial charge in [0.2, 0.25) is 0 Å². The summed E-state index contributed by atoms with van der Waals surface area (Å²) >= 11 is 5.79. The van der Waals surface area contributed by atoms with E-state index in [1.807, 2.05) is 0 Å². The van der Waals surface area contributed by atoms with Gasteiger partial charge in [-0.15, -0.1) is 11.6 Å². The molecule has 2 N–H and O–H groups in total. The lowest BCUT2D eigenvalue weighted by atomic mass is 10.0. The maximum Gasteiger partial charge on any atom is 0.343 e. The third-order valence-corrected chi connectivity index (χ3v) is 5.44. The number of carbonyl (C=O) groups excluding carboxylic acids is 1. The van der Waals surface area contributed by atoms with Crippen LogP contribution in [0.4, 0.5) is 13.2 Å². The molecule has 0 amide bonds. The third kappa shape index (κ3) is 4.24. The number of benzene rings is 2. The van der Waals surface area contributed by atoms with Crippen molar-refractivity contribution in [3.8, 4) is 5.75 Å². The number of hydrogen-bond acceptors (Lipinski definition) is 6. The van der Waals surface area contributed by atoms with Crippen molar-refractivity contribution < 1.29 is 45.6 Å². The fourth-order valence-electron chi connectivity index (χ4n) is 2.90. The van der Waals surface area contributed by atoms with Crippen molar-refractivity contribution in [3.05, 3.63) is 64.9 Å². The highest BCUT2D eigenvalue weighted by atomic mass is 35.5. The van der Waals surface area contributed by atoms with E-state index in [1.54, 1.807) is 6.07 Å². The van der Waals surface area contributed by atoms with Crippen molar-refractivity contribution in [2.45, 2.75) is 10.3 Å². The van der Waals surface area contributed by atoms with Crippen LogP contribution in [0.15, 0.2) is 41.3 Å². The van der Waals surface area contributed by atoms with Crippen molar-refractivity contribution in [3.63, 3.8) is 0 Å². The van der Waals surface area contributed by atoms with Crippen LogP contribution in [-0.4, -0.2) is 41.7 Å². The Kier molecular flexibility index (Phi) is 6.39. The number of alkyl halides is 2. The predicted octanol–water partition coefficient (Wildman–Crippen LogP) is 3.93. The summed E-state index contributed by atoms with van der Waals surface area (Å²) in [7, 11) is -5.53. The van der Waals surface area contributed by atoms with Gasteiger partial charge in [-0.1, -0.05) is 18.2 Å². The van der Waals surface area contributed by atoms with E-state index in [-0.39, 0.29) is 5.56 Å². The van der Waals surface area contributed by atoms with E-state index in [0.29, 0.717) is 6.07 Å². The molecule has 0 saturated carbocycles. The topological polar surface area (TPSA) is 131 Å². The molecule has 0 bridgehead atoms. The van der Waals surface area contributed by atoms with Crippen molar-refractivity contribution in [1.82, 2.24) is 4.98 Å². The first-order valence-corrected chi connectivity index (χ1v) is 10.4. The zero-order chi connectivity index (χ0) is 23.8. The second-order valence-electron chi connectivity index (χ2n) is 6.25. The maximum absolute atomic E-state index is 14.4. The van der Waals surface area contributed by atoms with Crippen molar-refractivity contribution in [2.24, 2.45) is 0 Å². The summed E-state index contributed by atoms with van der Waals surface area (Å²) in [5, 5.41) is 6.88. The average molecular weight is 490 g/mol. The molecule has 0 saturated heterocycles. The molecule has 3 aromatic rings. The van der Waals surface area contributed by atoms with Crippen LogP contribution in [0.25, 0.3) is 10.9 Å². The lowest BCUT2D eigenvalue weighted by Crippen LogP contribution is -2.17. The number of aromatic nitrogens is 1. The smallest absolute Gasteiger partial charge is 0.343 e. The fraction of sp³-hybridized carbons (Fsp3) is 0.105. The number of carboxylic acid groups (broad SMARTS) is 1. The molecule has 3 rings (SSSR count). The Balaban J connectivity index is 2.51. The summed E-state index contributed by atoms with van der Waals surface area (Å²) in [6.45, 7) is -1.36. The highest BCUT2D eigenvalue weighted by Gasteiger charge is 2.34. The molecule has 0 aliphatic rings. The number of halogens is 4. The first-order valence-electron chi connectivity index (χ1n) is 8.51. The van der Waals surface area contributed by atoms with Gasteiger partial charge < -0.3 is 9.84 Å². The summed E-state index contributed by atoms with van der Waals surface area (Å²) < 4.78 is 79.9. The van der Waals surface area contributed by atoms with Gasteiger partial charge >= 0.3 is 11.9 Å². The van der Waals surface area contributed by atoms with Crippen LogP contribution < -0.4 is 4.74 Å². The zero-order valence-electron chi connectivity index (χ0n) is 15.6. The molecule has 1 aromatic heterocycles. The maximum atomic E-state index is 14.4. The number of aromatic carboxylic acids is 1. The van der Waals surface area contributed by atoms with E-state index in [4.69, 9.17) is 16.3 Å². The van der Waals surface area contributed by atoms with Crippen molar-refractivity contribution in [2.75, 3.05) is 6.67 Å². The monoisotopic (exact) mass is 489 g/mol. The first-order chi connectivity index (χ1) is 15.0. The molecule has 0 aliphatic carbocycles. The molecule has 13 heteroatoms. The number of carboxylic acids is 1. The van der Waals surface area contributed by atoms with Gasteiger partial charge in [0.15, 0.2) is 17.4 Å². The van der Waals surface area contributed by atoms with Crippen LogP contribution in [0.1, 0.15) is 31.8 Å². The number of hydrogen-bond donors (Lipinski definition) is 2. The Morgan fingerprint density at radius 3 is 2.34 bits per heavy atom. The summed E-state index contributed by atoms with van der Waals surface area (Å²) in [5.41, 5.74) is -2.70. The van der Waals surface area contributed by atoms with Crippen LogP contribution in [0.5, 0.6) is 5.75 Å². The summed E-state index contributed by atoms with van der Waals surface area (Å²) in [4.78, 5) is 26.5. The molecule has 168 valence electrons. The fourth-order valence-corrected chi connectivity index (χ4v) is 3.84. The molecule has 1 heterocycles. The third-order valence-electron chi connectivity index (χ3n) is 4.22. The molecule has 32 heavy (non-hydrogen) atoms. The number of pyridine rings is 1. The largest absolute Gasteiger partial charge is 0.477 e. The first kappa shape index (κ1) is 23.4. The second kappa shape index (κ2) is 8.73. The molecule has 0 spiro atoms. The van der Waals surface area contributed by atoms with Gasteiger partial charge in [0, 0.05) is 6.07 Å². The number of esters is 1. The SMILES string of the molecule is O=C(Oc1c(C(=O)O)c(C(Cl)CF)nc2cc(F)c(F)c(S(=O)(=O)O)c12)c1ccccc1. The average Bonchev–Trinajstić information content (AvgIpc) is 2.73. The summed E-state index contributed by atoms with van der Waals surface area (Å²) in [6, 6.07) is 7.30. The Morgan fingerprint density at radius 2 is 1.81 bits per heavy atom. The van der Waals surface area contributed by atoms with Gasteiger partial charge in [0.05, 0.1) is 22.2 Å². The minimum atomic E-state index is -5.53. The molecular formula is C19H11ClF3NO7S. The number of rotatable bonds is 6. The lowest BCUT2D eigenvalue weighted by molar-refractivity contribution is 0.0680. The van der Waals surface area contributed by atoms with E-state index in [2.05, 4.69) is 4.98 Å². The minimum absolute atomic E-state index is 0.126. The standard InChI is InChI=1S/C19H11ClF3NO7S/c20-9(7-21)15-13(18(25)26)16(31-19(27)8-4-2-1-3-5-8)12-11(24-15)6-10(22)14(23)17(12)32(28,29)30/h1-6,9H,7H2,(H,25,26)(H,28,29,30). The normalized spacial score (nSPS) is 12.5. The Bertz CT molecular complexity index is 1350. The predicted molar refractivity (Wildman–Crippen MR) is 104 cm³/mol. The molecule has 2 aromatic carbocycles. The number of fused-ring (bicyclic) bond motifs is 1.